The molecule has 5 nitrogen and oxygen atoms in total. The first kappa shape index (κ1) is 18.9. The standard InChI is InChI=1S/C21H15F3N2O3/c22-21(23,24)13-5-6-15-17(11-13)29-16-4-2-1-3-14(16)18(26-15)20(28)9-7-12(8-10-20)19(25)27/h1-9,11,28H,10H2,(H2,25,27). The van der Waals surface area contributed by atoms with Gasteiger partial charge in [0.1, 0.15) is 17.0 Å². The van der Waals surface area contributed by atoms with Crippen LogP contribution < -0.4 is 10.5 Å². The topological polar surface area (TPSA) is 84.9 Å². The molecule has 2 aliphatic rings. The van der Waals surface area contributed by atoms with Gasteiger partial charge in [0.15, 0.2) is 5.75 Å². The summed E-state index contributed by atoms with van der Waals surface area (Å²) in [7, 11) is 0. The van der Waals surface area contributed by atoms with E-state index in [0.717, 1.165) is 12.1 Å². The molecule has 2 aromatic rings. The van der Waals surface area contributed by atoms with E-state index in [-0.39, 0.29) is 34.9 Å². The Bertz CT molecular complexity index is 1100. The number of hydrogen-bond acceptors (Lipinski definition) is 4. The van der Waals surface area contributed by atoms with Crippen LogP contribution in [0.1, 0.15) is 17.5 Å². The van der Waals surface area contributed by atoms with Crippen molar-refractivity contribution < 1.29 is 27.8 Å². The van der Waals surface area contributed by atoms with Gasteiger partial charge in [0.2, 0.25) is 5.91 Å². The predicted molar refractivity (Wildman–Crippen MR) is 100 cm³/mol. The second-order valence-electron chi connectivity index (χ2n) is 6.72. The van der Waals surface area contributed by atoms with E-state index in [1.54, 1.807) is 24.3 Å². The van der Waals surface area contributed by atoms with E-state index in [0.29, 0.717) is 5.56 Å². The third-order valence-corrected chi connectivity index (χ3v) is 4.75. The van der Waals surface area contributed by atoms with Gasteiger partial charge >= 0.3 is 6.18 Å². The van der Waals surface area contributed by atoms with E-state index in [4.69, 9.17) is 10.5 Å². The molecule has 4 rings (SSSR count). The minimum atomic E-state index is -4.53. The number of ether oxygens (including phenoxy) is 1. The molecule has 8 heteroatoms. The van der Waals surface area contributed by atoms with E-state index in [1.165, 1.54) is 24.3 Å². The van der Waals surface area contributed by atoms with Crippen molar-refractivity contribution in [1.82, 2.24) is 0 Å². The molecule has 0 fully saturated rings. The maximum atomic E-state index is 13.1. The number of aliphatic hydroxyl groups is 1. The Hall–Kier alpha value is -3.39. The number of benzene rings is 2. The molecule has 0 saturated carbocycles. The summed E-state index contributed by atoms with van der Waals surface area (Å²) in [6, 6.07) is 9.60. The Kier molecular flexibility index (Phi) is 4.31. The lowest BCUT2D eigenvalue weighted by molar-refractivity contribution is -0.137. The minimum absolute atomic E-state index is 0.0188. The average molecular weight is 400 g/mol. The zero-order valence-corrected chi connectivity index (χ0v) is 14.9. The van der Waals surface area contributed by atoms with Crippen LogP contribution in [0.3, 0.4) is 0 Å². The third kappa shape index (κ3) is 3.42. The van der Waals surface area contributed by atoms with E-state index < -0.39 is 23.2 Å². The summed E-state index contributed by atoms with van der Waals surface area (Å²) in [6.07, 6.45) is -0.219. The summed E-state index contributed by atoms with van der Waals surface area (Å²) in [5, 5.41) is 11.2. The van der Waals surface area contributed by atoms with E-state index >= 15 is 0 Å². The van der Waals surface area contributed by atoms with Crippen LogP contribution in [0.4, 0.5) is 18.9 Å². The summed E-state index contributed by atoms with van der Waals surface area (Å²) in [6.45, 7) is 0. The molecule has 1 atom stereocenters. The highest BCUT2D eigenvalue weighted by Gasteiger charge is 2.37. The van der Waals surface area contributed by atoms with E-state index in [1.807, 2.05) is 0 Å². The van der Waals surface area contributed by atoms with Crippen molar-refractivity contribution in [2.45, 2.75) is 18.2 Å². The quantitative estimate of drug-likeness (QED) is 0.798. The number of primary amides is 1. The van der Waals surface area contributed by atoms with Crippen LogP contribution in [-0.4, -0.2) is 22.3 Å². The molecule has 1 amide bonds. The first-order valence-corrected chi connectivity index (χ1v) is 8.67. The predicted octanol–water partition coefficient (Wildman–Crippen LogP) is 4.03. The zero-order valence-electron chi connectivity index (χ0n) is 14.9. The largest absolute Gasteiger partial charge is 0.454 e. The maximum Gasteiger partial charge on any atom is 0.416 e. The molecule has 1 heterocycles. The number of amides is 1. The molecule has 0 bridgehead atoms. The Morgan fingerprint density at radius 2 is 1.93 bits per heavy atom. The lowest BCUT2D eigenvalue weighted by Gasteiger charge is -2.28. The zero-order chi connectivity index (χ0) is 20.8. The number of aliphatic imine (C=N–C) groups is 1. The molecule has 1 aliphatic carbocycles. The first-order chi connectivity index (χ1) is 13.7. The highest BCUT2D eigenvalue weighted by Crippen LogP contribution is 2.43. The van der Waals surface area contributed by atoms with Crippen LogP contribution >= 0.6 is 0 Å². The Labute approximate surface area is 163 Å². The second kappa shape index (κ2) is 6.59. The summed E-state index contributed by atoms with van der Waals surface area (Å²) < 4.78 is 45.0. The van der Waals surface area contributed by atoms with E-state index in [2.05, 4.69) is 4.99 Å². The smallest absolute Gasteiger partial charge is 0.416 e. The second-order valence-corrected chi connectivity index (χ2v) is 6.72. The number of halogens is 3. The first-order valence-electron chi connectivity index (χ1n) is 8.67. The van der Waals surface area contributed by atoms with Gasteiger partial charge in [0.25, 0.3) is 0 Å². The SMILES string of the molecule is NC(=O)C1=CCC(O)(C2=Nc3ccc(C(F)(F)F)cc3Oc3ccccc32)C=C1. The van der Waals surface area contributed by atoms with Gasteiger partial charge in [-0.1, -0.05) is 24.3 Å². The fourth-order valence-electron chi connectivity index (χ4n) is 3.23. The third-order valence-electron chi connectivity index (χ3n) is 4.75. The Balaban J connectivity index is 1.86. The number of alkyl halides is 3. The van der Waals surface area contributed by atoms with Gasteiger partial charge in [-0.15, -0.1) is 0 Å². The lowest BCUT2D eigenvalue weighted by atomic mass is 9.84. The number of fused-ring (bicyclic) bond motifs is 2. The molecular formula is C21H15F3N2O3. The number of nitrogens with two attached hydrogens (primary N) is 1. The highest BCUT2D eigenvalue weighted by atomic mass is 19.4. The molecule has 0 spiro atoms. The van der Waals surface area contributed by atoms with Crippen molar-refractivity contribution in [2.24, 2.45) is 10.7 Å². The van der Waals surface area contributed by atoms with Crippen molar-refractivity contribution in [3.05, 3.63) is 77.4 Å². The summed E-state index contributed by atoms with van der Waals surface area (Å²) >= 11 is 0. The Morgan fingerprint density at radius 1 is 1.17 bits per heavy atom. The monoisotopic (exact) mass is 400 g/mol. The summed E-state index contributed by atoms with van der Waals surface area (Å²) in [4.78, 5) is 15.8. The Morgan fingerprint density at radius 3 is 2.59 bits per heavy atom. The molecule has 2 aromatic carbocycles. The van der Waals surface area contributed by atoms with Gasteiger partial charge in [-0.05, 0) is 36.4 Å². The van der Waals surface area contributed by atoms with Gasteiger partial charge in [-0.25, -0.2) is 4.99 Å². The number of hydrogen-bond donors (Lipinski definition) is 2. The van der Waals surface area contributed by atoms with Gasteiger partial charge in [-0.2, -0.15) is 13.2 Å². The number of carbonyl (C=O) groups excluding carboxylic acids is 1. The molecule has 29 heavy (non-hydrogen) atoms. The molecule has 0 aromatic heterocycles. The fourth-order valence-corrected chi connectivity index (χ4v) is 3.23. The fraction of sp³-hybridized carbons (Fsp3) is 0.143. The summed E-state index contributed by atoms with van der Waals surface area (Å²) in [5.41, 5.74) is 3.84. The van der Waals surface area contributed by atoms with Gasteiger partial charge < -0.3 is 15.6 Å². The molecule has 148 valence electrons. The van der Waals surface area contributed by atoms with Crippen molar-refractivity contribution in [3.63, 3.8) is 0 Å². The van der Waals surface area contributed by atoms with Crippen molar-refractivity contribution >= 4 is 17.3 Å². The van der Waals surface area contributed by atoms with Gasteiger partial charge in [-0.3, -0.25) is 4.79 Å². The van der Waals surface area contributed by atoms with Gasteiger partial charge in [0.05, 0.1) is 11.3 Å². The van der Waals surface area contributed by atoms with Crippen LogP contribution in [-0.2, 0) is 11.0 Å². The number of nitrogens with zero attached hydrogens (tertiary/aromatic N) is 1. The van der Waals surface area contributed by atoms with Crippen molar-refractivity contribution in [2.75, 3.05) is 0 Å². The van der Waals surface area contributed by atoms with Crippen molar-refractivity contribution in [3.8, 4) is 11.5 Å². The van der Waals surface area contributed by atoms with Gasteiger partial charge in [0, 0.05) is 17.6 Å². The average Bonchev–Trinajstić information content (AvgIpc) is 2.84. The summed E-state index contributed by atoms with van der Waals surface area (Å²) in [5.74, 6) is -0.435. The molecule has 0 radical (unpaired) electrons. The molecule has 0 saturated heterocycles. The number of para-hydroxylation sites is 1. The van der Waals surface area contributed by atoms with Crippen molar-refractivity contribution in [1.29, 1.82) is 0 Å². The van der Waals surface area contributed by atoms with Crippen LogP contribution in [0.5, 0.6) is 11.5 Å². The molecule has 1 aliphatic heterocycles. The highest BCUT2D eigenvalue weighted by molar-refractivity contribution is 6.12. The van der Waals surface area contributed by atoms with Crippen LogP contribution in [0.2, 0.25) is 0 Å². The molecule has 1 unspecified atom stereocenters. The van der Waals surface area contributed by atoms with Crippen LogP contribution in [0, 0.1) is 0 Å². The number of rotatable bonds is 2. The van der Waals surface area contributed by atoms with Crippen LogP contribution in [0.15, 0.2) is 71.3 Å². The lowest BCUT2D eigenvalue weighted by Crippen LogP contribution is -2.38. The molecular weight excluding hydrogens is 385 g/mol. The van der Waals surface area contributed by atoms with Crippen LogP contribution in [0.25, 0.3) is 0 Å². The minimum Gasteiger partial charge on any atom is -0.454 e. The van der Waals surface area contributed by atoms with E-state index in [9.17, 15) is 23.1 Å². The maximum absolute atomic E-state index is 13.1. The molecule has 3 N–H and O–H groups in total. The number of carbonyl (C=O) groups is 1. The normalized spacial score (nSPS) is 20.6.